The van der Waals surface area contributed by atoms with Gasteiger partial charge in [0.25, 0.3) is 10.0 Å². The number of carbonyl (C=O) groups excluding carboxylic acids is 1. The quantitative estimate of drug-likeness (QED) is 0.339. The van der Waals surface area contributed by atoms with Crippen molar-refractivity contribution in [3.05, 3.63) is 77.9 Å². The first-order chi connectivity index (χ1) is 16.4. The van der Waals surface area contributed by atoms with Crippen LogP contribution in [0.5, 0.6) is 17.2 Å². The Morgan fingerprint density at radius 2 is 1.65 bits per heavy atom. The molecular weight excluding hydrogens is 458 g/mol. The first kappa shape index (κ1) is 23.4. The summed E-state index contributed by atoms with van der Waals surface area (Å²) in [6.45, 7) is 0.448. The number of anilines is 1. The molecule has 1 aliphatic heterocycles. The SMILES string of the molecule is COc1ccc(OCCOC(=O)c2cc(S(=O)(=O)N3CCc4ccccc43)ccc2OC)cc1. The number of rotatable bonds is 9. The van der Waals surface area contributed by atoms with E-state index in [2.05, 4.69) is 0 Å². The monoisotopic (exact) mass is 483 g/mol. The van der Waals surface area contributed by atoms with E-state index in [0.717, 1.165) is 5.56 Å². The van der Waals surface area contributed by atoms with E-state index in [-0.39, 0.29) is 29.4 Å². The van der Waals surface area contributed by atoms with Gasteiger partial charge >= 0.3 is 5.97 Å². The number of sulfonamides is 1. The molecule has 0 fully saturated rings. The van der Waals surface area contributed by atoms with Gasteiger partial charge < -0.3 is 18.9 Å². The molecule has 0 bridgehead atoms. The van der Waals surface area contributed by atoms with Gasteiger partial charge in [-0.1, -0.05) is 18.2 Å². The Morgan fingerprint density at radius 3 is 2.38 bits per heavy atom. The third-order valence-electron chi connectivity index (χ3n) is 5.47. The van der Waals surface area contributed by atoms with E-state index in [1.54, 1.807) is 43.5 Å². The highest BCUT2D eigenvalue weighted by Gasteiger charge is 2.31. The lowest BCUT2D eigenvalue weighted by Gasteiger charge is -2.20. The number of ether oxygens (including phenoxy) is 4. The molecule has 0 saturated heterocycles. The lowest BCUT2D eigenvalue weighted by atomic mass is 10.2. The van der Waals surface area contributed by atoms with Crippen LogP contribution < -0.4 is 18.5 Å². The van der Waals surface area contributed by atoms with Crippen molar-refractivity contribution in [1.29, 1.82) is 0 Å². The van der Waals surface area contributed by atoms with E-state index < -0.39 is 16.0 Å². The van der Waals surface area contributed by atoms with E-state index in [1.807, 2.05) is 12.1 Å². The molecule has 9 heteroatoms. The Balaban J connectivity index is 1.46. The molecule has 0 aliphatic carbocycles. The first-order valence-corrected chi connectivity index (χ1v) is 12.1. The minimum atomic E-state index is -3.87. The molecule has 0 atom stereocenters. The number of nitrogens with zero attached hydrogens (tertiary/aromatic N) is 1. The fourth-order valence-corrected chi connectivity index (χ4v) is 5.27. The maximum atomic E-state index is 13.3. The molecule has 4 rings (SSSR count). The lowest BCUT2D eigenvalue weighted by molar-refractivity contribution is 0.0446. The Labute approximate surface area is 198 Å². The standard InChI is InChI=1S/C25H25NO7S/c1-30-19-7-9-20(10-8-19)32-15-16-33-25(27)22-17-21(11-12-24(22)31-2)34(28,29)26-14-13-18-5-3-4-6-23(18)26/h3-12,17H,13-16H2,1-2H3. The van der Waals surface area contributed by atoms with Crippen molar-refractivity contribution in [2.75, 3.05) is 38.3 Å². The summed E-state index contributed by atoms with van der Waals surface area (Å²) in [5.41, 5.74) is 1.65. The van der Waals surface area contributed by atoms with E-state index in [9.17, 15) is 13.2 Å². The zero-order valence-corrected chi connectivity index (χ0v) is 19.7. The summed E-state index contributed by atoms with van der Waals surface area (Å²) in [5, 5.41) is 0. The predicted octanol–water partition coefficient (Wildman–Crippen LogP) is 3.69. The molecule has 0 aromatic heterocycles. The summed E-state index contributed by atoms with van der Waals surface area (Å²) < 4.78 is 49.3. The van der Waals surface area contributed by atoms with Gasteiger partial charge in [0.1, 0.15) is 36.0 Å². The van der Waals surface area contributed by atoms with Crippen molar-refractivity contribution in [2.45, 2.75) is 11.3 Å². The second-order valence-electron chi connectivity index (χ2n) is 7.48. The Morgan fingerprint density at radius 1 is 0.912 bits per heavy atom. The number of carbonyl (C=O) groups is 1. The third-order valence-corrected chi connectivity index (χ3v) is 7.28. The molecule has 1 heterocycles. The largest absolute Gasteiger partial charge is 0.497 e. The molecule has 0 spiro atoms. The number of para-hydroxylation sites is 1. The van der Waals surface area contributed by atoms with Crippen molar-refractivity contribution < 1.29 is 32.2 Å². The van der Waals surface area contributed by atoms with Crippen molar-refractivity contribution >= 4 is 21.7 Å². The molecular formula is C25H25NO7S. The summed E-state index contributed by atoms with van der Waals surface area (Å²) in [6.07, 6.45) is 0.634. The van der Waals surface area contributed by atoms with Crippen LogP contribution in [0.15, 0.2) is 71.6 Å². The maximum Gasteiger partial charge on any atom is 0.342 e. The Bertz CT molecular complexity index is 1270. The van der Waals surface area contributed by atoms with Crippen LogP contribution in [0.25, 0.3) is 0 Å². The molecule has 8 nitrogen and oxygen atoms in total. The second kappa shape index (κ2) is 10.0. The van der Waals surface area contributed by atoms with Gasteiger partial charge in [0.2, 0.25) is 0 Å². The van der Waals surface area contributed by atoms with Crippen molar-refractivity contribution in [2.24, 2.45) is 0 Å². The predicted molar refractivity (Wildman–Crippen MR) is 126 cm³/mol. The number of hydrogen-bond acceptors (Lipinski definition) is 7. The van der Waals surface area contributed by atoms with E-state index in [4.69, 9.17) is 18.9 Å². The molecule has 34 heavy (non-hydrogen) atoms. The second-order valence-corrected chi connectivity index (χ2v) is 9.34. The molecule has 0 N–H and O–H groups in total. The van der Waals surface area contributed by atoms with Gasteiger partial charge in [0.05, 0.1) is 24.8 Å². The zero-order chi connectivity index (χ0) is 24.1. The molecule has 178 valence electrons. The van der Waals surface area contributed by atoms with Crippen molar-refractivity contribution in [1.82, 2.24) is 0 Å². The summed E-state index contributed by atoms with van der Waals surface area (Å²) in [6, 6.07) is 18.6. The van der Waals surface area contributed by atoms with E-state index >= 15 is 0 Å². The molecule has 3 aromatic rings. The van der Waals surface area contributed by atoms with Crippen LogP contribution in [0.2, 0.25) is 0 Å². The first-order valence-electron chi connectivity index (χ1n) is 10.7. The summed E-state index contributed by atoms with van der Waals surface area (Å²) in [5.74, 6) is 0.836. The summed E-state index contributed by atoms with van der Waals surface area (Å²) >= 11 is 0. The third kappa shape index (κ3) is 4.79. The smallest absolute Gasteiger partial charge is 0.342 e. The van der Waals surface area contributed by atoms with Crippen LogP contribution in [0.1, 0.15) is 15.9 Å². The average Bonchev–Trinajstić information content (AvgIpc) is 3.31. The Hall–Kier alpha value is -3.72. The molecule has 0 amide bonds. The van der Waals surface area contributed by atoms with Gasteiger partial charge in [0.15, 0.2) is 0 Å². The maximum absolute atomic E-state index is 13.3. The minimum Gasteiger partial charge on any atom is -0.497 e. The van der Waals surface area contributed by atoms with Crippen LogP contribution in [0.4, 0.5) is 5.69 Å². The molecule has 0 unspecified atom stereocenters. The molecule has 3 aromatic carbocycles. The highest BCUT2D eigenvalue weighted by Crippen LogP contribution is 2.34. The van der Waals surface area contributed by atoms with Crippen molar-refractivity contribution in [3.63, 3.8) is 0 Å². The van der Waals surface area contributed by atoms with Gasteiger partial charge in [-0.15, -0.1) is 0 Å². The number of hydrogen-bond donors (Lipinski definition) is 0. The zero-order valence-electron chi connectivity index (χ0n) is 18.9. The number of esters is 1. The van der Waals surface area contributed by atoms with Gasteiger partial charge in [-0.3, -0.25) is 4.31 Å². The average molecular weight is 484 g/mol. The van der Waals surface area contributed by atoms with E-state index in [0.29, 0.717) is 30.2 Å². The lowest BCUT2D eigenvalue weighted by Crippen LogP contribution is -2.29. The van der Waals surface area contributed by atoms with Crippen molar-refractivity contribution in [3.8, 4) is 17.2 Å². The van der Waals surface area contributed by atoms with E-state index in [1.165, 1.54) is 29.6 Å². The minimum absolute atomic E-state index is 0.00793. The number of methoxy groups -OCH3 is 2. The number of fused-ring (bicyclic) bond motifs is 1. The molecule has 1 aliphatic rings. The fraction of sp³-hybridized carbons (Fsp3) is 0.240. The van der Waals surface area contributed by atoms with Crippen LogP contribution in [-0.4, -0.2) is 48.4 Å². The molecule has 0 radical (unpaired) electrons. The van der Waals surface area contributed by atoms with Crippen LogP contribution >= 0.6 is 0 Å². The molecule has 0 saturated carbocycles. The van der Waals surface area contributed by atoms with Crippen LogP contribution in [0, 0.1) is 0 Å². The normalized spacial score (nSPS) is 12.7. The number of benzene rings is 3. The summed E-state index contributed by atoms with van der Waals surface area (Å²) in [7, 11) is -0.881. The highest BCUT2D eigenvalue weighted by molar-refractivity contribution is 7.92. The Kier molecular flexibility index (Phi) is 6.93. The summed E-state index contributed by atoms with van der Waals surface area (Å²) in [4.78, 5) is 12.7. The van der Waals surface area contributed by atoms with Crippen LogP contribution in [-0.2, 0) is 21.2 Å². The topological polar surface area (TPSA) is 91.4 Å². The van der Waals surface area contributed by atoms with Gasteiger partial charge in [-0.05, 0) is 60.5 Å². The van der Waals surface area contributed by atoms with Gasteiger partial charge in [-0.25, -0.2) is 13.2 Å². The fourth-order valence-electron chi connectivity index (χ4n) is 3.74. The van der Waals surface area contributed by atoms with Crippen LogP contribution in [0.3, 0.4) is 0 Å². The van der Waals surface area contributed by atoms with Gasteiger partial charge in [-0.2, -0.15) is 0 Å². The van der Waals surface area contributed by atoms with Gasteiger partial charge in [0, 0.05) is 6.54 Å². The highest BCUT2D eigenvalue weighted by atomic mass is 32.2.